The van der Waals surface area contributed by atoms with E-state index >= 15 is 0 Å². The minimum absolute atomic E-state index is 0.0320. The third kappa shape index (κ3) is 29.9. The number of aliphatic hydroxyl groups excluding tert-OH is 1. The number of amides is 6. The van der Waals surface area contributed by atoms with E-state index < -0.39 is 158 Å². The minimum atomic E-state index is -1.34. The van der Waals surface area contributed by atoms with Crippen LogP contribution in [0.15, 0.2) is 0 Å². The minimum Gasteiger partial charge on any atom is -0.463 e. The maximum absolute atomic E-state index is 13.4. The molecule has 2 saturated heterocycles. The lowest BCUT2D eigenvalue weighted by atomic mass is 9.96. The summed E-state index contributed by atoms with van der Waals surface area (Å²) in [6, 6.07) is -4.82. The van der Waals surface area contributed by atoms with Gasteiger partial charge in [0, 0.05) is 87.9 Å². The third-order valence-electron chi connectivity index (χ3n) is 11.4. The van der Waals surface area contributed by atoms with Gasteiger partial charge in [0.25, 0.3) is 0 Å². The van der Waals surface area contributed by atoms with Gasteiger partial charge in [-0.3, -0.25) is 57.5 Å². The molecule has 2 rings (SSSR count). The van der Waals surface area contributed by atoms with Gasteiger partial charge in [-0.2, -0.15) is 0 Å². The van der Waals surface area contributed by atoms with Crippen LogP contribution in [-0.4, -0.2) is 242 Å². The Bertz CT molecular complexity index is 2140. The molecule has 0 radical (unpaired) electrons. The van der Waals surface area contributed by atoms with Crippen LogP contribution in [-0.2, 0) is 119 Å². The zero-order chi connectivity index (χ0) is 62.0. The number of rotatable bonds is 38. The van der Waals surface area contributed by atoms with E-state index in [9.17, 15) is 57.5 Å². The standard InChI is InChI=1S/C50H81N7O26/c1-27(59)55-41-45(80-33(7)65)43(78-31(5)63)37(25-76-29(3)61)82-49(41)74-23-21-72-18-14-53-47(69)35(51)9-11-40(68)57-36(10-12-39(67)52-13-17-71-20-16-58)48(70)54-15-19-73-22-24-75-50-42(56-28(2)60)46(81-34(8)66)44(79-32(6)64)38(83-50)26-77-30(4)62/h35-38,41-46,49-50,58H,9-26,51H2,1-8H3,(H,52,67)(H,53,69)(H,54,70)(H,55,59)(H,56,60)(H,57,68)/t35-,36-,37?,38?,41?,42?,43?,44?,45?,46?,49?,50?/m0/s1. The first-order valence-corrected chi connectivity index (χ1v) is 26.6. The van der Waals surface area contributed by atoms with Gasteiger partial charge in [0.1, 0.15) is 43.5 Å². The predicted molar refractivity (Wildman–Crippen MR) is 277 cm³/mol. The molecule has 0 aliphatic carbocycles. The van der Waals surface area contributed by atoms with E-state index in [0.29, 0.717) is 0 Å². The van der Waals surface area contributed by atoms with Crippen molar-refractivity contribution in [2.45, 2.75) is 154 Å². The van der Waals surface area contributed by atoms with Crippen LogP contribution < -0.4 is 37.6 Å². The number of nitrogens with one attached hydrogen (secondary N) is 6. The molecule has 0 bridgehead atoms. The average Bonchev–Trinajstić information content (AvgIpc) is 3.55. The van der Waals surface area contributed by atoms with E-state index in [4.69, 9.17) is 72.4 Å². The van der Waals surface area contributed by atoms with Gasteiger partial charge in [-0.15, -0.1) is 0 Å². The maximum Gasteiger partial charge on any atom is 0.303 e. The van der Waals surface area contributed by atoms with Gasteiger partial charge >= 0.3 is 35.8 Å². The highest BCUT2D eigenvalue weighted by Gasteiger charge is 2.53. The van der Waals surface area contributed by atoms with Crippen molar-refractivity contribution < 1.29 is 124 Å². The number of esters is 6. The smallest absolute Gasteiger partial charge is 0.303 e. The number of carbonyl (C=O) groups is 12. The Kier molecular flexibility index (Phi) is 34.6. The second-order valence-corrected chi connectivity index (χ2v) is 18.5. The highest BCUT2D eigenvalue weighted by molar-refractivity contribution is 5.89. The molecule has 10 unspecified atom stereocenters. The molecule has 0 aromatic heterocycles. The van der Waals surface area contributed by atoms with Crippen LogP contribution in [0.4, 0.5) is 0 Å². The summed E-state index contributed by atoms with van der Waals surface area (Å²) in [7, 11) is 0. The number of aliphatic hydroxyl groups is 1. The fraction of sp³-hybridized carbons (Fsp3) is 0.760. The molecule has 83 heavy (non-hydrogen) atoms. The van der Waals surface area contributed by atoms with E-state index in [0.717, 1.165) is 41.5 Å². The van der Waals surface area contributed by atoms with Crippen molar-refractivity contribution >= 4 is 71.3 Å². The lowest BCUT2D eigenvalue weighted by Crippen LogP contribution is -2.66. The molecule has 472 valence electrons. The van der Waals surface area contributed by atoms with E-state index in [2.05, 4.69) is 31.9 Å². The zero-order valence-electron chi connectivity index (χ0n) is 47.9. The summed E-state index contributed by atoms with van der Waals surface area (Å²) in [6.07, 6.45) is -11.2. The van der Waals surface area contributed by atoms with Gasteiger partial charge in [-0.05, 0) is 12.8 Å². The van der Waals surface area contributed by atoms with Gasteiger partial charge in [0.15, 0.2) is 37.0 Å². The molecule has 2 aliphatic rings. The molecular formula is C50H81N7O26. The zero-order valence-corrected chi connectivity index (χ0v) is 47.9. The fourth-order valence-electron chi connectivity index (χ4n) is 8.01. The number of nitrogens with two attached hydrogens (primary N) is 1. The Morgan fingerprint density at radius 3 is 1.28 bits per heavy atom. The van der Waals surface area contributed by atoms with Gasteiger partial charge in [0.2, 0.25) is 35.4 Å². The summed E-state index contributed by atoms with van der Waals surface area (Å²) in [4.78, 5) is 148. The lowest BCUT2D eigenvalue weighted by molar-refractivity contribution is -0.279. The van der Waals surface area contributed by atoms with Gasteiger partial charge in [-0.25, -0.2) is 0 Å². The monoisotopic (exact) mass is 1200 g/mol. The van der Waals surface area contributed by atoms with Crippen molar-refractivity contribution in [3.8, 4) is 0 Å². The van der Waals surface area contributed by atoms with E-state index in [1.807, 2.05) is 0 Å². The largest absolute Gasteiger partial charge is 0.463 e. The summed E-state index contributed by atoms with van der Waals surface area (Å²) in [5, 5.41) is 24.4. The van der Waals surface area contributed by atoms with Gasteiger partial charge in [-0.1, -0.05) is 0 Å². The Hall–Kier alpha value is -6.72. The van der Waals surface area contributed by atoms with Crippen molar-refractivity contribution in [3.05, 3.63) is 0 Å². The Morgan fingerprint density at radius 2 is 0.867 bits per heavy atom. The molecule has 2 aliphatic heterocycles. The number of hydrogen-bond acceptors (Lipinski definition) is 27. The molecule has 12 atom stereocenters. The molecule has 0 spiro atoms. The summed E-state index contributed by atoms with van der Waals surface area (Å²) in [5.41, 5.74) is 6.07. The highest BCUT2D eigenvalue weighted by atomic mass is 16.7. The summed E-state index contributed by atoms with van der Waals surface area (Å²) in [5.74, 6) is -8.08. The van der Waals surface area contributed by atoms with Crippen LogP contribution in [0.2, 0.25) is 0 Å². The molecule has 0 aromatic rings. The molecule has 9 N–H and O–H groups in total. The van der Waals surface area contributed by atoms with Crippen LogP contribution in [0.25, 0.3) is 0 Å². The third-order valence-corrected chi connectivity index (χ3v) is 11.4. The molecule has 2 fully saturated rings. The second kappa shape index (κ2) is 39.7. The lowest BCUT2D eigenvalue weighted by Gasteiger charge is -2.44. The topological polar surface area (TPSA) is 443 Å². The molecule has 6 amide bonds. The molecule has 33 nitrogen and oxygen atoms in total. The molecule has 0 aromatic carbocycles. The van der Waals surface area contributed by atoms with Crippen LogP contribution in [0.5, 0.6) is 0 Å². The first-order chi connectivity index (χ1) is 39.3. The first kappa shape index (κ1) is 72.4. The Morgan fingerprint density at radius 1 is 0.470 bits per heavy atom. The quantitative estimate of drug-likeness (QED) is 0.0163. The van der Waals surface area contributed by atoms with E-state index in [1.165, 1.54) is 13.8 Å². The summed E-state index contributed by atoms with van der Waals surface area (Å²) in [6.45, 7) is 7.46. The van der Waals surface area contributed by atoms with Crippen molar-refractivity contribution in [2.75, 3.05) is 92.3 Å². The van der Waals surface area contributed by atoms with Crippen molar-refractivity contribution in [2.24, 2.45) is 5.73 Å². The fourth-order valence-corrected chi connectivity index (χ4v) is 8.01. The van der Waals surface area contributed by atoms with Crippen LogP contribution in [0.1, 0.15) is 81.1 Å². The number of ether oxygens (including phenoxy) is 13. The maximum atomic E-state index is 13.4. The number of hydrogen-bond donors (Lipinski definition) is 8. The van der Waals surface area contributed by atoms with Crippen LogP contribution in [0.3, 0.4) is 0 Å². The second-order valence-electron chi connectivity index (χ2n) is 18.5. The molecule has 0 saturated carbocycles. The molecular weight excluding hydrogens is 1110 g/mol. The number of carbonyl (C=O) groups excluding carboxylic acids is 12. The summed E-state index contributed by atoms with van der Waals surface area (Å²) < 4.78 is 71.7. The van der Waals surface area contributed by atoms with E-state index in [-0.39, 0.29) is 105 Å². The first-order valence-electron chi connectivity index (χ1n) is 26.6. The van der Waals surface area contributed by atoms with Crippen LogP contribution in [0, 0.1) is 0 Å². The van der Waals surface area contributed by atoms with Crippen molar-refractivity contribution in [1.82, 2.24) is 31.9 Å². The summed E-state index contributed by atoms with van der Waals surface area (Å²) >= 11 is 0. The van der Waals surface area contributed by atoms with Crippen molar-refractivity contribution in [3.63, 3.8) is 0 Å². The van der Waals surface area contributed by atoms with E-state index in [1.54, 1.807) is 0 Å². The molecule has 33 heteroatoms. The average molecular weight is 1200 g/mol. The highest BCUT2D eigenvalue weighted by Crippen LogP contribution is 2.29. The van der Waals surface area contributed by atoms with Crippen LogP contribution >= 0.6 is 0 Å². The SMILES string of the molecule is CC(=O)NC1C(OCCOCCNC(=O)[C@H](CCC(=O)NCCOCCO)NC(=O)CC[C@H](N)C(=O)NCCOCCOC2OC(COC(C)=O)C(OC(C)=O)C(OC(C)=O)C2NC(C)=O)OC(COC(C)=O)C(OC(C)=O)C1OC(C)=O. The Balaban J connectivity index is 1.95. The normalized spacial score (nSPS) is 22.6. The van der Waals surface area contributed by atoms with Gasteiger partial charge in [0.05, 0.1) is 65.5 Å². The molecule has 2 heterocycles. The van der Waals surface area contributed by atoms with Gasteiger partial charge < -0.3 is 104 Å². The van der Waals surface area contributed by atoms with Crippen molar-refractivity contribution in [1.29, 1.82) is 0 Å². The Labute approximate surface area is 478 Å². The predicted octanol–water partition coefficient (Wildman–Crippen LogP) is -4.91.